The second kappa shape index (κ2) is 17.0. The Bertz CT molecular complexity index is 1700. The number of hydrogen-bond donors (Lipinski definition) is 0. The van der Waals surface area contributed by atoms with Crippen molar-refractivity contribution in [2.75, 3.05) is 70.5 Å². The van der Waals surface area contributed by atoms with E-state index in [2.05, 4.69) is 0 Å². The van der Waals surface area contributed by atoms with Crippen molar-refractivity contribution in [3.8, 4) is 23.0 Å². The molecule has 280 valence electrons. The largest absolute Gasteiger partial charge is 0.497 e. The lowest BCUT2D eigenvalue weighted by Crippen LogP contribution is -2.51. The summed E-state index contributed by atoms with van der Waals surface area (Å²) in [7, 11) is 4.84. The molecule has 2 heterocycles. The molecule has 0 aliphatic carbocycles. The minimum absolute atomic E-state index is 0.0451. The maximum Gasteiger partial charge on any atom is 0.410 e. The van der Waals surface area contributed by atoms with Gasteiger partial charge >= 0.3 is 6.09 Å². The van der Waals surface area contributed by atoms with Crippen LogP contribution in [0.2, 0.25) is 0 Å². The van der Waals surface area contributed by atoms with Crippen molar-refractivity contribution in [2.24, 2.45) is 5.92 Å². The molecule has 0 saturated carbocycles. The van der Waals surface area contributed by atoms with Crippen molar-refractivity contribution < 1.29 is 42.8 Å². The zero-order chi connectivity index (χ0) is 37.4. The maximum absolute atomic E-state index is 14.8. The fourth-order valence-corrected chi connectivity index (χ4v) is 6.68. The van der Waals surface area contributed by atoms with E-state index < -0.39 is 17.6 Å². The third kappa shape index (κ3) is 9.27. The highest BCUT2D eigenvalue weighted by atomic mass is 16.6. The Balaban J connectivity index is 1.43. The molecule has 0 spiro atoms. The normalized spacial score (nSPS) is 17.2. The lowest BCUT2D eigenvalue weighted by molar-refractivity contribution is -0.124. The van der Waals surface area contributed by atoms with Gasteiger partial charge < -0.3 is 43.1 Å². The van der Waals surface area contributed by atoms with Gasteiger partial charge in [0.2, 0.25) is 5.91 Å². The number of hydrogen-bond acceptors (Lipinski definition) is 9. The Morgan fingerprint density at radius 3 is 2.38 bits per heavy atom. The highest BCUT2D eigenvalue weighted by molar-refractivity contribution is 6.01. The zero-order valence-electron chi connectivity index (χ0n) is 31.3. The topological polar surface area (TPSA) is 116 Å². The van der Waals surface area contributed by atoms with Crippen LogP contribution in [-0.2, 0) is 25.7 Å². The van der Waals surface area contributed by atoms with Crippen LogP contribution in [0.25, 0.3) is 0 Å². The predicted octanol–water partition coefficient (Wildman–Crippen LogP) is 6.44. The fraction of sp³-hybridized carbons (Fsp3) is 0.475. The number of anilines is 2. The van der Waals surface area contributed by atoms with Crippen molar-refractivity contribution in [1.82, 2.24) is 4.90 Å². The first-order valence-corrected chi connectivity index (χ1v) is 17.7. The molecule has 2 aliphatic rings. The Morgan fingerprint density at radius 1 is 0.962 bits per heavy atom. The summed E-state index contributed by atoms with van der Waals surface area (Å²) >= 11 is 0. The number of ether oxygens (including phenoxy) is 6. The van der Waals surface area contributed by atoms with Crippen molar-refractivity contribution in [1.29, 1.82) is 0 Å². The van der Waals surface area contributed by atoms with Crippen LogP contribution < -0.4 is 28.7 Å². The molecule has 2 aliphatic heterocycles. The molecule has 52 heavy (non-hydrogen) atoms. The summed E-state index contributed by atoms with van der Waals surface area (Å²) in [5.41, 5.74) is 2.39. The summed E-state index contributed by atoms with van der Waals surface area (Å²) in [6.45, 7) is 9.60. The number of benzene rings is 3. The standard InChI is InChI=1S/C40H51N3O9/c1-8-42(29-13-14-36-35(22-29)43(16-10-18-47-5)37(44)26-51-36)38(45)34-24-41(39(46)52-40(2,3)4)17-15-33(34)28-11-9-12-30(21-28)50-25-27-19-31(48-6)23-32(20-27)49-7/h9,11-14,19-23,33-34H,8,10,15-18,24-26H2,1-7H3/t33-,34+/m1/s1. The quantitative estimate of drug-likeness (QED) is 0.184. The Kier molecular flexibility index (Phi) is 12.5. The van der Waals surface area contributed by atoms with Gasteiger partial charge in [0.1, 0.15) is 35.2 Å². The van der Waals surface area contributed by atoms with Crippen molar-refractivity contribution in [2.45, 2.75) is 58.7 Å². The summed E-state index contributed by atoms with van der Waals surface area (Å²) in [6, 6.07) is 18.9. The summed E-state index contributed by atoms with van der Waals surface area (Å²) < 4.78 is 33.8. The van der Waals surface area contributed by atoms with Crippen LogP contribution in [-0.4, -0.2) is 89.1 Å². The molecule has 3 aromatic rings. The van der Waals surface area contributed by atoms with Gasteiger partial charge in [0.15, 0.2) is 6.61 Å². The molecule has 5 rings (SSSR count). The summed E-state index contributed by atoms with van der Waals surface area (Å²) in [5.74, 6) is 1.48. The van der Waals surface area contributed by atoms with Gasteiger partial charge in [0.05, 0.1) is 25.8 Å². The number of carbonyl (C=O) groups is 3. The van der Waals surface area contributed by atoms with E-state index in [1.165, 1.54) is 0 Å². The lowest BCUT2D eigenvalue weighted by atomic mass is 9.79. The number of piperidine rings is 1. The molecule has 2 atom stereocenters. The average Bonchev–Trinajstić information content (AvgIpc) is 3.14. The summed E-state index contributed by atoms with van der Waals surface area (Å²) in [4.78, 5) is 46.0. The van der Waals surface area contributed by atoms with E-state index in [1.807, 2.05) is 76.2 Å². The predicted molar refractivity (Wildman–Crippen MR) is 198 cm³/mol. The van der Waals surface area contributed by atoms with Gasteiger partial charge in [-0.1, -0.05) is 12.1 Å². The molecule has 12 heteroatoms. The third-order valence-electron chi connectivity index (χ3n) is 9.19. The molecule has 1 fully saturated rings. The van der Waals surface area contributed by atoms with Gasteiger partial charge in [-0.05, 0) is 100 Å². The van der Waals surface area contributed by atoms with Crippen LogP contribution in [0, 0.1) is 5.92 Å². The van der Waals surface area contributed by atoms with E-state index >= 15 is 0 Å². The monoisotopic (exact) mass is 717 g/mol. The fourth-order valence-electron chi connectivity index (χ4n) is 6.68. The second-order valence-corrected chi connectivity index (χ2v) is 13.9. The third-order valence-corrected chi connectivity index (χ3v) is 9.19. The first kappa shape index (κ1) is 38.3. The number of fused-ring (bicyclic) bond motifs is 1. The Labute approximate surface area is 306 Å². The first-order valence-electron chi connectivity index (χ1n) is 17.7. The van der Waals surface area contributed by atoms with E-state index in [-0.39, 0.29) is 37.5 Å². The second-order valence-electron chi connectivity index (χ2n) is 13.9. The van der Waals surface area contributed by atoms with Crippen LogP contribution >= 0.6 is 0 Å². The highest BCUT2D eigenvalue weighted by Crippen LogP contribution is 2.40. The van der Waals surface area contributed by atoms with Crippen LogP contribution in [0.3, 0.4) is 0 Å². The molecule has 3 amide bonds. The molecule has 0 unspecified atom stereocenters. The number of likely N-dealkylation sites (tertiary alicyclic amines) is 1. The van der Waals surface area contributed by atoms with Crippen molar-refractivity contribution in [3.63, 3.8) is 0 Å². The molecule has 12 nitrogen and oxygen atoms in total. The minimum atomic E-state index is -0.681. The molecular formula is C40H51N3O9. The Morgan fingerprint density at radius 2 is 1.71 bits per heavy atom. The lowest BCUT2D eigenvalue weighted by Gasteiger charge is -2.40. The highest BCUT2D eigenvalue weighted by Gasteiger charge is 2.40. The number of rotatable bonds is 13. The maximum atomic E-state index is 14.8. The molecule has 0 aromatic heterocycles. The number of amides is 3. The van der Waals surface area contributed by atoms with Crippen molar-refractivity contribution >= 4 is 29.3 Å². The zero-order valence-corrected chi connectivity index (χ0v) is 31.3. The molecule has 0 bridgehead atoms. The molecule has 0 radical (unpaired) electrons. The number of carbonyl (C=O) groups excluding carboxylic acids is 3. The number of nitrogens with zero attached hydrogens (tertiary/aromatic N) is 3. The van der Waals surface area contributed by atoms with Crippen LogP contribution in [0.1, 0.15) is 57.6 Å². The van der Waals surface area contributed by atoms with Gasteiger partial charge in [-0.15, -0.1) is 0 Å². The smallest absolute Gasteiger partial charge is 0.410 e. The van der Waals surface area contributed by atoms with E-state index in [0.29, 0.717) is 73.5 Å². The van der Waals surface area contributed by atoms with E-state index in [1.54, 1.807) is 48.2 Å². The van der Waals surface area contributed by atoms with Gasteiger partial charge in [-0.2, -0.15) is 0 Å². The number of methoxy groups -OCH3 is 3. The van der Waals surface area contributed by atoms with E-state index in [0.717, 1.165) is 11.1 Å². The average molecular weight is 718 g/mol. The van der Waals surface area contributed by atoms with E-state index in [9.17, 15) is 14.4 Å². The van der Waals surface area contributed by atoms with Crippen molar-refractivity contribution in [3.05, 3.63) is 71.8 Å². The van der Waals surface area contributed by atoms with E-state index in [4.69, 9.17) is 28.4 Å². The van der Waals surface area contributed by atoms with Crippen LogP contribution in [0.4, 0.5) is 16.2 Å². The van der Waals surface area contributed by atoms with Crippen LogP contribution in [0.5, 0.6) is 23.0 Å². The van der Waals surface area contributed by atoms with Gasteiger partial charge in [0.25, 0.3) is 5.91 Å². The van der Waals surface area contributed by atoms with Gasteiger partial charge in [-0.25, -0.2) is 4.79 Å². The van der Waals surface area contributed by atoms with Gasteiger partial charge in [-0.3, -0.25) is 9.59 Å². The Hall–Kier alpha value is -4.97. The first-order chi connectivity index (χ1) is 24.9. The minimum Gasteiger partial charge on any atom is -0.497 e. The van der Waals surface area contributed by atoms with Crippen LogP contribution in [0.15, 0.2) is 60.7 Å². The molecule has 0 N–H and O–H groups in total. The van der Waals surface area contributed by atoms with Gasteiger partial charge in [0, 0.05) is 51.6 Å². The SMILES string of the molecule is CCN(C(=O)[C@H]1CN(C(=O)OC(C)(C)C)CC[C@@H]1c1cccc(OCc2cc(OC)cc(OC)c2)c1)c1ccc2c(c1)N(CCCOC)C(=O)CO2. The molecule has 3 aromatic carbocycles. The summed E-state index contributed by atoms with van der Waals surface area (Å²) in [5, 5.41) is 0. The molecular weight excluding hydrogens is 666 g/mol. The summed E-state index contributed by atoms with van der Waals surface area (Å²) in [6.07, 6.45) is 0.751. The molecule has 1 saturated heterocycles.